The van der Waals surface area contributed by atoms with E-state index in [9.17, 15) is 9.59 Å². The molecular formula is C14H23NO4. The monoisotopic (exact) mass is 269 g/mol. The first-order valence-electron chi connectivity index (χ1n) is 7.16. The fourth-order valence-electron chi connectivity index (χ4n) is 3.01. The molecule has 0 aromatic heterocycles. The van der Waals surface area contributed by atoms with Gasteiger partial charge in [-0.3, -0.25) is 4.79 Å². The quantitative estimate of drug-likeness (QED) is 0.814. The molecule has 2 fully saturated rings. The van der Waals surface area contributed by atoms with Gasteiger partial charge in [0.2, 0.25) is 5.91 Å². The Morgan fingerprint density at radius 2 is 1.84 bits per heavy atom. The number of hydrogen-bond acceptors (Lipinski definition) is 3. The van der Waals surface area contributed by atoms with Crippen LogP contribution in [0.1, 0.15) is 51.9 Å². The van der Waals surface area contributed by atoms with Gasteiger partial charge in [-0.25, -0.2) is 4.79 Å². The van der Waals surface area contributed by atoms with Gasteiger partial charge in [0.15, 0.2) is 6.10 Å². The molecule has 0 bridgehead atoms. The summed E-state index contributed by atoms with van der Waals surface area (Å²) in [5, 5.41) is 11.8. The largest absolute Gasteiger partial charge is 0.479 e. The van der Waals surface area contributed by atoms with E-state index in [4.69, 9.17) is 9.84 Å². The lowest BCUT2D eigenvalue weighted by atomic mass is 9.76. The molecule has 0 spiro atoms. The molecule has 1 aliphatic carbocycles. The summed E-state index contributed by atoms with van der Waals surface area (Å²) in [5.41, 5.74) is 0.193. The van der Waals surface area contributed by atoms with E-state index in [1.54, 1.807) is 0 Å². The van der Waals surface area contributed by atoms with Gasteiger partial charge in [-0.2, -0.15) is 0 Å². The SMILES string of the molecule is CC1(CNC(=O)C2CCC(C(=O)O)O2)CCCCC1. The summed E-state index contributed by atoms with van der Waals surface area (Å²) < 4.78 is 5.25. The zero-order chi connectivity index (χ0) is 13.9. The van der Waals surface area contributed by atoms with E-state index >= 15 is 0 Å². The van der Waals surface area contributed by atoms with Crippen LogP contribution in [0.25, 0.3) is 0 Å². The summed E-state index contributed by atoms with van der Waals surface area (Å²) in [7, 11) is 0. The van der Waals surface area contributed by atoms with Gasteiger partial charge in [0.05, 0.1) is 0 Å². The number of hydrogen-bond donors (Lipinski definition) is 2. The molecule has 19 heavy (non-hydrogen) atoms. The second-order valence-electron chi connectivity index (χ2n) is 6.12. The Bertz CT molecular complexity index is 349. The van der Waals surface area contributed by atoms with Crippen LogP contribution in [0.15, 0.2) is 0 Å². The van der Waals surface area contributed by atoms with E-state index in [2.05, 4.69) is 12.2 Å². The highest BCUT2D eigenvalue weighted by Crippen LogP contribution is 2.35. The number of carbonyl (C=O) groups excluding carboxylic acids is 1. The van der Waals surface area contributed by atoms with Gasteiger partial charge in [0.1, 0.15) is 6.10 Å². The summed E-state index contributed by atoms with van der Waals surface area (Å²) in [5.74, 6) is -1.13. The normalized spacial score (nSPS) is 29.9. The van der Waals surface area contributed by atoms with Crippen LogP contribution in [-0.2, 0) is 14.3 Å². The topological polar surface area (TPSA) is 75.6 Å². The lowest BCUT2D eigenvalue weighted by molar-refractivity contribution is -0.151. The summed E-state index contributed by atoms with van der Waals surface area (Å²) in [4.78, 5) is 22.7. The van der Waals surface area contributed by atoms with E-state index in [1.165, 1.54) is 19.3 Å². The van der Waals surface area contributed by atoms with Gasteiger partial charge in [-0.15, -0.1) is 0 Å². The van der Waals surface area contributed by atoms with Crippen molar-refractivity contribution in [3.8, 4) is 0 Å². The van der Waals surface area contributed by atoms with Gasteiger partial charge in [0.25, 0.3) is 0 Å². The number of nitrogens with one attached hydrogen (secondary N) is 1. The number of aliphatic carboxylic acids is 1. The van der Waals surface area contributed by atoms with Crippen molar-refractivity contribution in [1.29, 1.82) is 0 Å². The Kier molecular flexibility index (Phi) is 4.45. The first-order valence-corrected chi connectivity index (χ1v) is 7.16. The number of amides is 1. The van der Waals surface area contributed by atoms with Crippen molar-refractivity contribution in [3.05, 3.63) is 0 Å². The Labute approximate surface area is 113 Å². The molecule has 2 unspecified atom stereocenters. The van der Waals surface area contributed by atoms with Crippen molar-refractivity contribution < 1.29 is 19.4 Å². The maximum Gasteiger partial charge on any atom is 0.332 e. The van der Waals surface area contributed by atoms with Crippen molar-refractivity contribution in [3.63, 3.8) is 0 Å². The Morgan fingerprint density at radius 1 is 1.21 bits per heavy atom. The minimum atomic E-state index is -0.977. The average molecular weight is 269 g/mol. The zero-order valence-electron chi connectivity index (χ0n) is 11.5. The molecule has 5 heteroatoms. The third kappa shape index (κ3) is 3.69. The van der Waals surface area contributed by atoms with Crippen LogP contribution >= 0.6 is 0 Å². The van der Waals surface area contributed by atoms with Crippen LogP contribution in [-0.4, -0.2) is 35.7 Å². The first kappa shape index (κ1) is 14.3. The van der Waals surface area contributed by atoms with E-state index in [-0.39, 0.29) is 11.3 Å². The molecule has 108 valence electrons. The Hall–Kier alpha value is -1.10. The molecule has 1 aliphatic heterocycles. The third-order valence-corrected chi connectivity index (χ3v) is 4.34. The van der Waals surface area contributed by atoms with Crippen molar-refractivity contribution in [2.75, 3.05) is 6.54 Å². The predicted molar refractivity (Wildman–Crippen MR) is 69.7 cm³/mol. The molecule has 2 rings (SSSR count). The molecule has 0 aromatic rings. The summed E-state index contributed by atoms with van der Waals surface area (Å²) in [6.45, 7) is 2.88. The molecule has 5 nitrogen and oxygen atoms in total. The molecule has 0 aromatic carbocycles. The van der Waals surface area contributed by atoms with E-state index in [0.29, 0.717) is 19.4 Å². The van der Waals surface area contributed by atoms with Crippen LogP contribution in [0.2, 0.25) is 0 Å². The molecule has 1 saturated heterocycles. The number of carboxylic acid groups (broad SMARTS) is 1. The number of carbonyl (C=O) groups is 2. The van der Waals surface area contributed by atoms with Gasteiger partial charge in [-0.05, 0) is 31.1 Å². The summed E-state index contributed by atoms with van der Waals surface area (Å²) in [6, 6.07) is 0. The standard InChI is InChI=1S/C14H23NO4/c1-14(7-3-2-4-8-14)9-15-12(16)10-5-6-11(19-10)13(17)18/h10-11H,2-9H2,1H3,(H,15,16)(H,17,18). The predicted octanol–water partition coefficient (Wildman–Crippen LogP) is 1.71. The Balaban J connectivity index is 1.77. The van der Waals surface area contributed by atoms with Crippen molar-refractivity contribution in [2.45, 2.75) is 64.1 Å². The first-order chi connectivity index (χ1) is 9.00. The van der Waals surface area contributed by atoms with E-state index in [0.717, 1.165) is 12.8 Å². The lowest BCUT2D eigenvalue weighted by Crippen LogP contribution is -2.42. The minimum absolute atomic E-state index is 0.157. The minimum Gasteiger partial charge on any atom is -0.479 e. The number of ether oxygens (including phenoxy) is 1. The van der Waals surface area contributed by atoms with Crippen molar-refractivity contribution >= 4 is 11.9 Å². The maximum absolute atomic E-state index is 12.0. The van der Waals surface area contributed by atoms with Crippen LogP contribution in [0.5, 0.6) is 0 Å². The molecular weight excluding hydrogens is 246 g/mol. The second kappa shape index (κ2) is 5.90. The maximum atomic E-state index is 12.0. The summed E-state index contributed by atoms with van der Waals surface area (Å²) in [6.07, 6.45) is 5.56. The molecule has 0 radical (unpaired) electrons. The van der Waals surface area contributed by atoms with Crippen molar-refractivity contribution in [1.82, 2.24) is 5.32 Å². The van der Waals surface area contributed by atoms with E-state index < -0.39 is 18.2 Å². The van der Waals surface area contributed by atoms with Crippen LogP contribution in [0, 0.1) is 5.41 Å². The lowest BCUT2D eigenvalue weighted by Gasteiger charge is -2.33. The average Bonchev–Trinajstić information content (AvgIpc) is 2.87. The highest BCUT2D eigenvalue weighted by atomic mass is 16.5. The van der Waals surface area contributed by atoms with Gasteiger partial charge >= 0.3 is 5.97 Å². The van der Waals surface area contributed by atoms with Crippen LogP contribution in [0.4, 0.5) is 0 Å². The fourth-order valence-corrected chi connectivity index (χ4v) is 3.01. The molecule has 2 atom stereocenters. The van der Waals surface area contributed by atoms with Gasteiger partial charge in [-0.1, -0.05) is 26.2 Å². The highest BCUT2D eigenvalue weighted by Gasteiger charge is 2.35. The van der Waals surface area contributed by atoms with Gasteiger partial charge < -0.3 is 15.2 Å². The summed E-state index contributed by atoms with van der Waals surface area (Å²) >= 11 is 0. The van der Waals surface area contributed by atoms with Gasteiger partial charge in [0, 0.05) is 6.54 Å². The highest BCUT2D eigenvalue weighted by molar-refractivity contribution is 5.82. The third-order valence-electron chi connectivity index (χ3n) is 4.34. The zero-order valence-corrected chi connectivity index (χ0v) is 11.5. The molecule has 2 aliphatic rings. The fraction of sp³-hybridized carbons (Fsp3) is 0.857. The number of carboxylic acids is 1. The van der Waals surface area contributed by atoms with E-state index in [1.807, 2.05) is 0 Å². The molecule has 1 amide bonds. The van der Waals surface area contributed by atoms with Crippen molar-refractivity contribution in [2.24, 2.45) is 5.41 Å². The van der Waals surface area contributed by atoms with Crippen LogP contribution < -0.4 is 5.32 Å². The second-order valence-corrected chi connectivity index (χ2v) is 6.12. The smallest absolute Gasteiger partial charge is 0.332 e. The molecule has 1 saturated carbocycles. The van der Waals surface area contributed by atoms with Crippen LogP contribution in [0.3, 0.4) is 0 Å². The Morgan fingerprint density at radius 3 is 2.42 bits per heavy atom. The number of rotatable bonds is 4. The molecule has 2 N–H and O–H groups in total. The molecule has 1 heterocycles.